The van der Waals surface area contributed by atoms with Crippen molar-refractivity contribution in [2.24, 2.45) is 23.2 Å². The molecule has 2 rings (SSSR count). The average molecular weight is 263 g/mol. The van der Waals surface area contributed by atoms with Gasteiger partial charge >= 0.3 is 0 Å². The molecule has 0 aliphatic heterocycles. The Morgan fingerprint density at radius 1 is 1.16 bits per heavy atom. The highest BCUT2D eigenvalue weighted by molar-refractivity contribution is 5.14. The molecule has 0 heterocycles. The number of hydrogen-bond acceptors (Lipinski definition) is 2. The van der Waals surface area contributed by atoms with Crippen LogP contribution in [0.3, 0.4) is 0 Å². The zero-order valence-electron chi connectivity index (χ0n) is 12.8. The van der Waals surface area contributed by atoms with Gasteiger partial charge in [-0.25, -0.2) is 0 Å². The first-order chi connectivity index (χ1) is 8.92. The Balaban J connectivity index is 2.14. The maximum absolute atomic E-state index is 11.1. The molecule has 2 saturated carbocycles. The summed E-state index contributed by atoms with van der Waals surface area (Å²) in [5, 5.41) is 20.9. The van der Waals surface area contributed by atoms with Crippen molar-refractivity contribution in [3.8, 4) is 6.07 Å². The minimum absolute atomic E-state index is 0.465. The quantitative estimate of drug-likeness (QED) is 0.808. The number of rotatable bonds is 2. The number of aliphatic hydroxyl groups is 1. The molecule has 0 amide bonds. The predicted octanol–water partition coefficient (Wildman–Crippen LogP) is 4.28. The van der Waals surface area contributed by atoms with Gasteiger partial charge in [-0.05, 0) is 56.3 Å². The molecule has 2 unspecified atom stereocenters. The summed E-state index contributed by atoms with van der Waals surface area (Å²) in [5.74, 6) is 2.01. The van der Waals surface area contributed by atoms with Gasteiger partial charge in [-0.15, -0.1) is 0 Å². The van der Waals surface area contributed by atoms with E-state index < -0.39 is 11.0 Å². The Labute approximate surface area is 118 Å². The molecule has 0 saturated heterocycles. The van der Waals surface area contributed by atoms with E-state index in [9.17, 15) is 10.4 Å². The lowest BCUT2D eigenvalue weighted by Gasteiger charge is -2.50. The molecule has 2 heteroatoms. The molecule has 108 valence electrons. The molecular weight excluding hydrogens is 234 g/mol. The van der Waals surface area contributed by atoms with Crippen LogP contribution >= 0.6 is 0 Å². The summed E-state index contributed by atoms with van der Waals surface area (Å²) in [6, 6.07) is 2.56. The van der Waals surface area contributed by atoms with Gasteiger partial charge in [-0.1, -0.05) is 33.6 Å². The lowest BCUT2D eigenvalue weighted by molar-refractivity contribution is -0.114. The Bertz CT molecular complexity index is 349. The highest BCUT2D eigenvalue weighted by atomic mass is 16.3. The second kappa shape index (κ2) is 5.44. The van der Waals surface area contributed by atoms with E-state index in [1.165, 1.54) is 6.42 Å². The minimum Gasteiger partial charge on any atom is -0.388 e. The number of nitrogens with zero attached hydrogens (tertiary/aromatic N) is 1. The van der Waals surface area contributed by atoms with Crippen molar-refractivity contribution in [3.63, 3.8) is 0 Å². The van der Waals surface area contributed by atoms with Crippen molar-refractivity contribution >= 4 is 0 Å². The normalized spacial score (nSPS) is 44.0. The Hall–Kier alpha value is -0.550. The van der Waals surface area contributed by atoms with Crippen LogP contribution in [-0.4, -0.2) is 10.7 Å². The van der Waals surface area contributed by atoms with Crippen molar-refractivity contribution in [3.05, 3.63) is 0 Å². The molecular formula is C17H29NO. The van der Waals surface area contributed by atoms with Crippen molar-refractivity contribution in [2.45, 2.75) is 77.7 Å². The first-order valence-electron chi connectivity index (χ1n) is 8.06. The van der Waals surface area contributed by atoms with Gasteiger partial charge < -0.3 is 5.11 Å². The van der Waals surface area contributed by atoms with Crippen molar-refractivity contribution < 1.29 is 5.11 Å². The van der Waals surface area contributed by atoms with Crippen LogP contribution in [0.5, 0.6) is 0 Å². The van der Waals surface area contributed by atoms with E-state index in [0.29, 0.717) is 11.8 Å². The van der Waals surface area contributed by atoms with Crippen LogP contribution in [0.2, 0.25) is 0 Å². The van der Waals surface area contributed by atoms with E-state index >= 15 is 0 Å². The zero-order valence-corrected chi connectivity index (χ0v) is 12.8. The summed E-state index contributed by atoms with van der Waals surface area (Å²) in [4.78, 5) is 0. The van der Waals surface area contributed by atoms with Crippen LogP contribution < -0.4 is 0 Å². The Morgan fingerprint density at radius 3 is 2.26 bits per heavy atom. The van der Waals surface area contributed by atoms with Gasteiger partial charge in [0.05, 0.1) is 17.1 Å². The lowest BCUT2D eigenvalue weighted by atomic mass is 9.56. The van der Waals surface area contributed by atoms with E-state index in [-0.39, 0.29) is 0 Å². The summed E-state index contributed by atoms with van der Waals surface area (Å²) in [7, 11) is 0. The fraction of sp³-hybridized carbons (Fsp3) is 0.941. The summed E-state index contributed by atoms with van der Waals surface area (Å²) in [5.41, 5.74) is -1.19. The molecule has 2 aliphatic rings. The lowest BCUT2D eigenvalue weighted by Crippen LogP contribution is -2.52. The molecule has 2 aliphatic carbocycles. The Kier molecular flexibility index (Phi) is 4.26. The molecule has 0 aromatic carbocycles. The molecule has 19 heavy (non-hydrogen) atoms. The summed E-state index contributed by atoms with van der Waals surface area (Å²) in [6.45, 7) is 6.78. The van der Waals surface area contributed by atoms with Gasteiger partial charge in [-0.2, -0.15) is 5.26 Å². The first-order valence-corrected chi connectivity index (χ1v) is 8.06. The molecule has 0 aromatic heterocycles. The van der Waals surface area contributed by atoms with Gasteiger partial charge in [0.1, 0.15) is 0 Å². The standard InChI is InChI=1S/C17H29NO/c1-13(2)15-6-9-16(12-18,10-7-15)17(19)8-4-5-14(3)11-17/h13-15,19H,4-11H2,1-3H3. The molecule has 0 spiro atoms. The van der Waals surface area contributed by atoms with E-state index in [0.717, 1.165) is 50.9 Å². The van der Waals surface area contributed by atoms with E-state index in [1.54, 1.807) is 0 Å². The van der Waals surface area contributed by atoms with Gasteiger partial charge in [-0.3, -0.25) is 0 Å². The van der Waals surface area contributed by atoms with Gasteiger partial charge in [0.25, 0.3) is 0 Å². The van der Waals surface area contributed by atoms with Crippen molar-refractivity contribution in [2.75, 3.05) is 0 Å². The third kappa shape index (κ3) is 2.68. The first kappa shape index (κ1) is 14.9. The maximum atomic E-state index is 11.1. The summed E-state index contributed by atoms with van der Waals surface area (Å²) < 4.78 is 0. The monoisotopic (exact) mass is 263 g/mol. The van der Waals surface area contributed by atoms with Gasteiger partial charge in [0, 0.05) is 0 Å². The molecule has 0 bridgehead atoms. The van der Waals surface area contributed by atoms with Crippen LogP contribution in [0.1, 0.15) is 72.1 Å². The zero-order chi connectivity index (χ0) is 14.1. The van der Waals surface area contributed by atoms with Crippen molar-refractivity contribution in [1.82, 2.24) is 0 Å². The van der Waals surface area contributed by atoms with Crippen LogP contribution in [-0.2, 0) is 0 Å². The van der Waals surface area contributed by atoms with Crippen molar-refractivity contribution in [1.29, 1.82) is 5.26 Å². The fourth-order valence-electron chi connectivity index (χ4n) is 4.44. The summed E-state index contributed by atoms with van der Waals surface area (Å²) in [6.07, 6.45) is 7.96. The average Bonchev–Trinajstić information content (AvgIpc) is 2.38. The van der Waals surface area contributed by atoms with Gasteiger partial charge in [0.2, 0.25) is 0 Å². The molecule has 2 atom stereocenters. The van der Waals surface area contributed by atoms with E-state index in [4.69, 9.17) is 0 Å². The highest BCUT2D eigenvalue weighted by Crippen LogP contribution is 2.53. The van der Waals surface area contributed by atoms with Crippen LogP contribution in [0, 0.1) is 34.5 Å². The Morgan fingerprint density at radius 2 is 1.79 bits per heavy atom. The second-order valence-electron chi connectivity index (χ2n) is 7.51. The smallest absolute Gasteiger partial charge is 0.0860 e. The fourth-order valence-corrected chi connectivity index (χ4v) is 4.44. The molecule has 0 radical (unpaired) electrons. The molecule has 2 nitrogen and oxygen atoms in total. The molecule has 1 N–H and O–H groups in total. The van der Waals surface area contributed by atoms with E-state index in [1.807, 2.05) is 0 Å². The third-order valence-corrected chi connectivity index (χ3v) is 5.90. The second-order valence-corrected chi connectivity index (χ2v) is 7.51. The largest absolute Gasteiger partial charge is 0.388 e. The molecule has 0 aromatic rings. The third-order valence-electron chi connectivity index (χ3n) is 5.90. The van der Waals surface area contributed by atoms with E-state index in [2.05, 4.69) is 26.8 Å². The van der Waals surface area contributed by atoms with Crippen LogP contribution in [0.4, 0.5) is 0 Å². The topological polar surface area (TPSA) is 44.0 Å². The summed E-state index contributed by atoms with van der Waals surface area (Å²) >= 11 is 0. The molecule has 2 fully saturated rings. The maximum Gasteiger partial charge on any atom is 0.0860 e. The minimum atomic E-state index is -0.721. The highest BCUT2D eigenvalue weighted by Gasteiger charge is 2.53. The number of nitriles is 1. The van der Waals surface area contributed by atoms with Crippen LogP contribution in [0.25, 0.3) is 0 Å². The predicted molar refractivity (Wildman–Crippen MR) is 77.4 cm³/mol. The number of hydrogen-bond donors (Lipinski definition) is 1. The van der Waals surface area contributed by atoms with Gasteiger partial charge in [0.15, 0.2) is 0 Å². The van der Waals surface area contributed by atoms with Crippen LogP contribution in [0.15, 0.2) is 0 Å². The SMILES string of the molecule is CC1CCCC(O)(C2(C#N)CCC(C(C)C)CC2)C1.